The number of ether oxygens (including phenoxy) is 1. The maximum Gasteiger partial charge on any atom is 0.129 e. The Balaban J connectivity index is 2.36. The molecule has 14 heavy (non-hydrogen) atoms. The minimum atomic E-state index is -0.166. The molecule has 0 aliphatic carbocycles. The monoisotopic (exact) mass is 195 g/mol. The van der Waals surface area contributed by atoms with E-state index < -0.39 is 0 Å². The smallest absolute Gasteiger partial charge is 0.129 e. The zero-order chi connectivity index (χ0) is 9.97. The molecule has 1 aromatic carbocycles. The quantitative estimate of drug-likeness (QED) is 0.780. The van der Waals surface area contributed by atoms with Crippen LogP contribution in [0.15, 0.2) is 18.2 Å². The van der Waals surface area contributed by atoms with Crippen molar-refractivity contribution in [2.45, 2.75) is 18.9 Å². The first kappa shape index (κ1) is 9.62. The molecule has 0 unspecified atom stereocenters. The summed E-state index contributed by atoms with van der Waals surface area (Å²) in [5, 5.41) is 0. The van der Waals surface area contributed by atoms with Crippen molar-refractivity contribution in [2.24, 2.45) is 5.73 Å². The summed E-state index contributed by atoms with van der Waals surface area (Å²) < 4.78 is 19.0. The van der Waals surface area contributed by atoms with Crippen molar-refractivity contribution in [3.8, 4) is 0 Å². The third-order valence-corrected chi connectivity index (χ3v) is 2.58. The molecule has 3 heteroatoms. The van der Waals surface area contributed by atoms with Gasteiger partial charge in [0.25, 0.3) is 0 Å². The highest BCUT2D eigenvalue weighted by molar-refractivity contribution is 5.32. The van der Waals surface area contributed by atoms with E-state index in [1.807, 2.05) is 6.07 Å². The average Bonchev–Trinajstić information content (AvgIpc) is 2.19. The summed E-state index contributed by atoms with van der Waals surface area (Å²) in [6, 6.07) is 5.19. The van der Waals surface area contributed by atoms with Crippen LogP contribution in [0.5, 0.6) is 0 Å². The Bertz CT molecular complexity index is 327. The van der Waals surface area contributed by atoms with E-state index in [2.05, 4.69) is 0 Å². The van der Waals surface area contributed by atoms with Crippen LogP contribution < -0.4 is 5.73 Å². The Morgan fingerprint density at radius 2 is 2.36 bits per heavy atom. The van der Waals surface area contributed by atoms with Crippen molar-refractivity contribution in [1.29, 1.82) is 0 Å². The molecule has 0 aromatic heterocycles. The van der Waals surface area contributed by atoms with Gasteiger partial charge < -0.3 is 10.5 Å². The summed E-state index contributed by atoms with van der Waals surface area (Å²) in [6.45, 7) is 1.19. The summed E-state index contributed by atoms with van der Waals surface area (Å²) >= 11 is 0. The molecule has 0 bridgehead atoms. The summed E-state index contributed by atoms with van der Waals surface area (Å²) in [5.74, 6) is -0.166. The Hall–Kier alpha value is -0.930. The highest BCUT2D eigenvalue weighted by Crippen LogP contribution is 2.31. The highest BCUT2D eigenvalue weighted by atomic mass is 19.1. The van der Waals surface area contributed by atoms with Crippen LogP contribution in [0.3, 0.4) is 0 Å². The van der Waals surface area contributed by atoms with Crippen molar-refractivity contribution in [2.75, 3.05) is 13.2 Å². The van der Waals surface area contributed by atoms with Gasteiger partial charge in [-0.2, -0.15) is 0 Å². The first-order chi connectivity index (χ1) is 6.83. The van der Waals surface area contributed by atoms with Crippen LogP contribution in [0, 0.1) is 5.82 Å². The molecular weight excluding hydrogens is 181 g/mol. The minimum Gasteiger partial charge on any atom is -0.373 e. The van der Waals surface area contributed by atoms with Gasteiger partial charge in [0.2, 0.25) is 0 Å². The SMILES string of the molecule is NCC[C@H]1OCCc2cccc(F)c21. The van der Waals surface area contributed by atoms with Crippen molar-refractivity contribution in [3.63, 3.8) is 0 Å². The van der Waals surface area contributed by atoms with E-state index in [4.69, 9.17) is 10.5 Å². The van der Waals surface area contributed by atoms with Gasteiger partial charge in [-0.15, -0.1) is 0 Å². The van der Waals surface area contributed by atoms with Gasteiger partial charge in [-0.1, -0.05) is 12.1 Å². The molecule has 2 N–H and O–H groups in total. The number of halogens is 1. The Morgan fingerprint density at radius 1 is 1.50 bits per heavy atom. The molecule has 1 aliphatic rings. The predicted octanol–water partition coefficient (Wildman–Crippen LogP) is 1.79. The molecular formula is C11H14FNO. The predicted molar refractivity (Wildman–Crippen MR) is 52.5 cm³/mol. The molecule has 0 fully saturated rings. The van der Waals surface area contributed by atoms with Crippen molar-refractivity contribution in [1.82, 2.24) is 0 Å². The number of hydrogen-bond acceptors (Lipinski definition) is 2. The van der Waals surface area contributed by atoms with E-state index in [0.717, 1.165) is 12.0 Å². The van der Waals surface area contributed by atoms with Gasteiger partial charge >= 0.3 is 0 Å². The molecule has 2 nitrogen and oxygen atoms in total. The van der Waals surface area contributed by atoms with Gasteiger partial charge in [0.05, 0.1) is 12.7 Å². The molecule has 1 aromatic rings. The van der Waals surface area contributed by atoms with E-state index in [1.54, 1.807) is 6.07 Å². The fraction of sp³-hybridized carbons (Fsp3) is 0.455. The molecule has 2 rings (SSSR count). The number of nitrogens with two attached hydrogens (primary N) is 1. The molecule has 1 aliphatic heterocycles. The second kappa shape index (κ2) is 4.07. The normalized spacial score (nSPS) is 20.6. The minimum absolute atomic E-state index is 0.148. The van der Waals surface area contributed by atoms with Crippen LogP contribution in [0.4, 0.5) is 4.39 Å². The van der Waals surface area contributed by atoms with E-state index in [0.29, 0.717) is 25.1 Å². The summed E-state index contributed by atoms with van der Waals surface area (Å²) in [7, 11) is 0. The van der Waals surface area contributed by atoms with Crippen LogP contribution in [0.25, 0.3) is 0 Å². The van der Waals surface area contributed by atoms with E-state index in [1.165, 1.54) is 6.07 Å². The third-order valence-electron chi connectivity index (χ3n) is 2.58. The molecule has 0 spiro atoms. The van der Waals surface area contributed by atoms with Crippen molar-refractivity contribution in [3.05, 3.63) is 35.1 Å². The highest BCUT2D eigenvalue weighted by Gasteiger charge is 2.23. The first-order valence-electron chi connectivity index (χ1n) is 4.92. The van der Waals surface area contributed by atoms with Gasteiger partial charge in [-0.25, -0.2) is 4.39 Å². The van der Waals surface area contributed by atoms with Crippen molar-refractivity contribution < 1.29 is 9.13 Å². The Labute approximate surface area is 82.9 Å². The lowest BCUT2D eigenvalue weighted by Crippen LogP contribution is -2.20. The summed E-state index contributed by atoms with van der Waals surface area (Å²) in [5.41, 5.74) is 7.24. The van der Waals surface area contributed by atoms with Gasteiger partial charge in [-0.05, 0) is 31.0 Å². The molecule has 1 atom stereocenters. The summed E-state index contributed by atoms with van der Waals surface area (Å²) in [6.07, 6.45) is 1.34. The number of benzene rings is 1. The van der Waals surface area contributed by atoms with Crippen LogP contribution in [0.2, 0.25) is 0 Å². The van der Waals surface area contributed by atoms with Crippen LogP contribution in [-0.4, -0.2) is 13.2 Å². The standard InChI is InChI=1S/C11H14FNO/c12-9-3-1-2-8-5-7-14-10(4-6-13)11(8)9/h1-3,10H,4-7,13H2/t10-/m1/s1. The number of rotatable bonds is 2. The van der Waals surface area contributed by atoms with Gasteiger partial charge in [0.15, 0.2) is 0 Å². The van der Waals surface area contributed by atoms with Crippen LogP contribution in [-0.2, 0) is 11.2 Å². The van der Waals surface area contributed by atoms with E-state index in [-0.39, 0.29) is 11.9 Å². The van der Waals surface area contributed by atoms with E-state index >= 15 is 0 Å². The first-order valence-corrected chi connectivity index (χ1v) is 4.92. The Kier molecular flexibility index (Phi) is 2.79. The zero-order valence-corrected chi connectivity index (χ0v) is 8.00. The Morgan fingerprint density at radius 3 is 3.14 bits per heavy atom. The zero-order valence-electron chi connectivity index (χ0n) is 8.00. The molecule has 0 amide bonds. The second-order valence-electron chi connectivity index (χ2n) is 3.50. The third kappa shape index (κ3) is 1.65. The lowest BCUT2D eigenvalue weighted by atomic mass is 9.95. The average molecular weight is 195 g/mol. The molecule has 0 saturated carbocycles. The fourth-order valence-corrected chi connectivity index (χ4v) is 1.93. The second-order valence-corrected chi connectivity index (χ2v) is 3.50. The van der Waals surface area contributed by atoms with Crippen LogP contribution >= 0.6 is 0 Å². The van der Waals surface area contributed by atoms with Gasteiger partial charge in [0, 0.05) is 5.56 Å². The fourth-order valence-electron chi connectivity index (χ4n) is 1.93. The largest absolute Gasteiger partial charge is 0.373 e. The van der Waals surface area contributed by atoms with E-state index in [9.17, 15) is 4.39 Å². The van der Waals surface area contributed by atoms with Gasteiger partial charge in [-0.3, -0.25) is 0 Å². The van der Waals surface area contributed by atoms with Gasteiger partial charge in [0.1, 0.15) is 5.82 Å². The lowest BCUT2D eigenvalue weighted by Gasteiger charge is -2.26. The van der Waals surface area contributed by atoms with Crippen LogP contribution in [0.1, 0.15) is 23.7 Å². The molecule has 76 valence electrons. The molecule has 0 radical (unpaired) electrons. The summed E-state index contributed by atoms with van der Waals surface area (Å²) in [4.78, 5) is 0. The maximum atomic E-state index is 13.5. The number of fused-ring (bicyclic) bond motifs is 1. The van der Waals surface area contributed by atoms with Crippen molar-refractivity contribution >= 4 is 0 Å². The molecule has 0 saturated heterocycles. The molecule has 1 heterocycles. The topological polar surface area (TPSA) is 35.2 Å². The number of hydrogen-bond donors (Lipinski definition) is 1. The maximum absolute atomic E-state index is 13.5. The lowest BCUT2D eigenvalue weighted by molar-refractivity contribution is 0.0354.